The fourth-order valence-electron chi connectivity index (χ4n) is 4.53. The van der Waals surface area contributed by atoms with Gasteiger partial charge in [-0.3, -0.25) is 24.0 Å². The highest BCUT2D eigenvalue weighted by Gasteiger charge is 2.42. The van der Waals surface area contributed by atoms with Gasteiger partial charge in [0.25, 0.3) is 0 Å². The highest BCUT2D eigenvalue weighted by atomic mass is 16.2. The third-order valence-corrected chi connectivity index (χ3v) is 6.01. The number of nitrogens with zero attached hydrogens (tertiary/aromatic N) is 5. The molecular weight excluding hydrogens is 366 g/mol. The summed E-state index contributed by atoms with van der Waals surface area (Å²) in [5, 5.41) is 4.64. The van der Waals surface area contributed by atoms with Gasteiger partial charge in [-0.25, -0.2) is 4.68 Å². The van der Waals surface area contributed by atoms with E-state index in [2.05, 4.69) is 21.0 Å². The molecule has 0 spiro atoms. The van der Waals surface area contributed by atoms with Gasteiger partial charge in [-0.2, -0.15) is 5.10 Å². The number of benzene rings is 1. The molecule has 29 heavy (non-hydrogen) atoms. The van der Waals surface area contributed by atoms with E-state index in [1.807, 2.05) is 43.5 Å². The second kappa shape index (κ2) is 7.08. The molecule has 2 aliphatic rings. The number of pyridine rings is 1. The molecule has 2 aliphatic heterocycles. The summed E-state index contributed by atoms with van der Waals surface area (Å²) in [5.74, 6) is 1.26. The second-order valence-electron chi connectivity index (χ2n) is 8.14. The maximum atomic E-state index is 12.7. The monoisotopic (exact) mass is 389 g/mol. The number of fused-ring (bicyclic) bond motifs is 3. The molecule has 4 heterocycles. The molecule has 2 aromatic heterocycles. The first-order chi connectivity index (χ1) is 14.1. The van der Waals surface area contributed by atoms with Crippen LogP contribution in [0.15, 0.2) is 58.4 Å². The zero-order valence-corrected chi connectivity index (χ0v) is 16.4. The summed E-state index contributed by atoms with van der Waals surface area (Å²) >= 11 is 0. The number of hydrogen-bond acceptors (Lipinski definition) is 5. The molecule has 3 aromatic rings. The van der Waals surface area contributed by atoms with Gasteiger partial charge in [0.2, 0.25) is 0 Å². The van der Waals surface area contributed by atoms with Crippen LogP contribution in [0.5, 0.6) is 0 Å². The van der Waals surface area contributed by atoms with E-state index in [1.54, 1.807) is 10.8 Å². The lowest BCUT2D eigenvalue weighted by atomic mass is 10.00. The molecule has 148 valence electrons. The lowest BCUT2D eigenvalue weighted by Gasteiger charge is -2.17. The maximum absolute atomic E-state index is 12.7. The average Bonchev–Trinajstić information content (AvgIpc) is 3.26. The number of hydrogen-bond donors (Lipinski definition) is 0. The van der Waals surface area contributed by atoms with Crippen LogP contribution in [0.4, 0.5) is 0 Å². The summed E-state index contributed by atoms with van der Waals surface area (Å²) in [4.78, 5) is 31.8. The Morgan fingerprint density at radius 3 is 2.55 bits per heavy atom. The highest BCUT2D eigenvalue weighted by molar-refractivity contribution is 5.21. The molecular formula is C22H23N5O2. The maximum Gasteiger partial charge on any atom is 0.332 e. The van der Waals surface area contributed by atoms with Crippen LogP contribution in [0.2, 0.25) is 0 Å². The van der Waals surface area contributed by atoms with Crippen molar-refractivity contribution in [2.24, 2.45) is 5.92 Å². The summed E-state index contributed by atoms with van der Waals surface area (Å²) in [5.41, 5.74) is 2.32. The third-order valence-electron chi connectivity index (χ3n) is 6.01. The molecule has 0 unspecified atom stereocenters. The van der Waals surface area contributed by atoms with E-state index in [0.717, 1.165) is 36.6 Å². The van der Waals surface area contributed by atoms with Crippen LogP contribution in [0.3, 0.4) is 0 Å². The Kier molecular flexibility index (Phi) is 4.39. The molecule has 7 heteroatoms. The van der Waals surface area contributed by atoms with Crippen molar-refractivity contribution in [2.75, 3.05) is 13.1 Å². The standard InChI is InChI=1S/C22H23N5O2/c1-15-4-6-16(7-5-15)11-27-22(29)21(28)26-13-18-12-25(14-19(18)20(26)24-27)10-17-3-2-8-23-9-17/h2-9,18-19H,10-14H2,1H3/t18-,19-/m0/s1. The first-order valence-electron chi connectivity index (χ1n) is 9.97. The lowest BCUT2D eigenvalue weighted by molar-refractivity contribution is 0.303. The van der Waals surface area contributed by atoms with Crippen LogP contribution in [-0.2, 0) is 19.6 Å². The molecule has 0 bridgehead atoms. The van der Waals surface area contributed by atoms with E-state index in [0.29, 0.717) is 19.0 Å². The Labute approximate surface area is 168 Å². The first-order valence-corrected chi connectivity index (χ1v) is 9.97. The van der Waals surface area contributed by atoms with Crippen molar-refractivity contribution in [3.05, 3.63) is 92.0 Å². The molecule has 2 atom stereocenters. The van der Waals surface area contributed by atoms with Crippen molar-refractivity contribution >= 4 is 0 Å². The van der Waals surface area contributed by atoms with Gasteiger partial charge in [-0.1, -0.05) is 35.9 Å². The van der Waals surface area contributed by atoms with E-state index in [4.69, 9.17) is 0 Å². The molecule has 0 radical (unpaired) electrons. The Morgan fingerprint density at radius 2 is 1.79 bits per heavy atom. The van der Waals surface area contributed by atoms with Crippen molar-refractivity contribution in [1.29, 1.82) is 0 Å². The Balaban J connectivity index is 1.41. The van der Waals surface area contributed by atoms with E-state index in [9.17, 15) is 9.59 Å². The molecule has 0 aliphatic carbocycles. The van der Waals surface area contributed by atoms with Crippen LogP contribution >= 0.6 is 0 Å². The minimum atomic E-state index is -0.540. The smallest absolute Gasteiger partial charge is 0.298 e. The van der Waals surface area contributed by atoms with Gasteiger partial charge in [-0.15, -0.1) is 0 Å². The van der Waals surface area contributed by atoms with Crippen molar-refractivity contribution in [3.8, 4) is 0 Å². The van der Waals surface area contributed by atoms with Crippen molar-refractivity contribution in [3.63, 3.8) is 0 Å². The average molecular weight is 389 g/mol. The van der Waals surface area contributed by atoms with E-state index in [-0.39, 0.29) is 5.92 Å². The largest absolute Gasteiger partial charge is 0.332 e. The summed E-state index contributed by atoms with van der Waals surface area (Å²) < 4.78 is 2.94. The molecule has 5 rings (SSSR count). The molecule has 1 fully saturated rings. The Bertz CT molecular complexity index is 1150. The Morgan fingerprint density at radius 1 is 0.966 bits per heavy atom. The van der Waals surface area contributed by atoms with Gasteiger partial charge < -0.3 is 0 Å². The van der Waals surface area contributed by atoms with Gasteiger partial charge in [0, 0.05) is 50.4 Å². The number of aromatic nitrogens is 4. The highest BCUT2D eigenvalue weighted by Crippen LogP contribution is 2.37. The van der Waals surface area contributed by atoms with Gasteiger partial charge in [0.15, 0.2) is 0 Å². The predicted octanol–water partition coefficient (Wildman–Crippen LogP) is 1.39. The summed E-state index contributed by atoms with van der Waals surface area (Å²) in [6.45, 7) is 5.50. The first kappa shape index (κ1) is 18.0. The lowest BCUT2D eigenvalue weighted by Crippen LogP contribution is -2.44. The zero-order chi connectivity index (χ0) is 20.0. The number of rotatable bonds is 4. The van der Waals surface area contributed by atoms with Crippen LogP contribution < -0.4 is 11.1 Å². The topological polar surface area (TPSA) is 73.0 Å². The second-order valence-corrected chi connectivity index (χ2v) is 8.14. The van der Waals surface area contributed by atoms with Crippen molar-refractivity contribution < 1.29 is 0 Å². The van der Waals surface area contributed by atoms with Crippen LogP contribution in [-0.4, -0.2) is 37.3 Å². The molecule has 1 aromatic carbocycles. The predicted molar refractivity (Wildman–Crippen MR) is 109 cm³/mol. The molecule has 1 saturated heterocycles. The molecule has 7 nitrogen and oxygen atoms in total. The minimum absolute atomic E-state index is 0.184. The summed E-state index contributed by atoms with van der Waals surface area (Å²) in [6.07, 6.45) is 3.67. The van der Waals surface area contributed by atoms with E-state index >= 15 is 0 Å². The van der Waals surface area contributed by atoms with Crippen molar-refractivity contribution in [1.82, 2.24) is 24.2 Å². The summed E-state index contributed by atoms with van der Waals surface area (Å²) in [6, 6.07) is 12.0. The van der Waals surface area contributed by atoms with E-state index < -0.39 is 11.1 Å². The van der Waals surface area contributed by atoms with Gasteiger partial charge in [0.05, 0.1) is 6.54 Å². The van der Waals surface area contributed by atoms with Crippen LogP contribution in [0.25, 0.3) is 0 Å². The number of aryl methyl sites for hydroxylation is 1. The Hall–Kier alpha value is -3.06. The minimum Gasteiger partial charge on any atom is -0.298 e. The quantitative estimate of drug-likeness (QED) is 0.631. The zero-order valence-electron chi connectivity index (χ0n) is 16.4. The molecule has 0 saturated carbocycles. The van der Waals surface area contributed by atoms with Gasteiger partial charge in [0.1, 0.15) is 5.82 Å². The molecule has 0 N–H and O–H groups in total. The fourth-order valence-corrected chi connectivity index (χ4v) is 4.53. The SMILES string of the molecule is Cc1ccc(Cn2nc3n(c(=O)c2=O)C[C@@H]2CN(Cc4cccnc4)C[C@H]32)cc1. The third kappa shape index (κ3) is 3.31. The van der Waals surface area contributed by atoms with Gasteiger partial charge >= 0.3 is 11.1 Å². The van der Waals surface area contributed by atoms with Crippen LogP contribution in [0.1, 0.15) is 28.4 Å². The normalized spacial score (nSPS) is 20.6. The van der Waals surface area contributed by atoms with E-state index in [1.165, 1.54) is 10.2 Å². The fraction of sp³-hybridized carbons (Fsp3) is 0.364. The van der Waals surface area contributed by atoms with Gasteiger partial charge in [-0.05, 0) is 24.1 Å². The summed E-state index contributed by atoms with van der Waals surface area (Å²) in [7, 11) is 0. The molecule has 0 amide bonds. The number of likely N-dealkylation sites (tertiary alicyclic amines) is 1. The van der Waals surface area contributed by atoms with Crippen LogP contribution in [0, 0.1) is 12.8 Å². The van der Waals surface area contributed by atoms with Crippen molar-refractivity contribution in [2.45, 2.75) is 32.5 Å².